The maximum absolute atomic E-state index is 5.12. The molecule has 0 saturated carbocycles. The molecule has 0 amide bonds. The third-order valence-corrected chi connectivity index (χ3v) is 1.38. The highest BCUT2D eigenvalue weighted by atomic mass is 32.1. The Hall–Kier alpha value is -0.510. The Kier molecular flexibility index (Phi) is 1.72. The normalized spacial score (nSPS) is 25.1. The van der Waals surface area contributed by atoms with Crippen LogP contribution in [-0.2, 0) is 4.74 Å². The third-order valence-electron chi connectivity index (χ3n) is 1.20. The van der Waals surface area contributed by atoms with Crippen molar-refractivity contribution in [1.29, 1.82) is 0 Å². The van der Waals surface area contributed by atoms with Crippen molar-refractivity contribution in [2.24, 2.45) is 15.6 Å². The molecule has 0 fully saturated rings. The summed E-state index contributed by atoms with van der Waals surface area (Å²) in [4.78, 5) is 0. The molecule has 0 aromatic carbocycles. The lowest BCUT2D eigenvalue weighted by molar-refractivity contribution is 0.0995. The van der Waals surface area contributed by atoms with Gasteiger partial charge in [0.15, 0.2) is 0 Å². The predicted molar refractivity (Wildman–Crippen MR) is 41.8 cm³/mol. The highest BCUT2D eigenvalue weighted by molar-refractivity contribution is 7.80. The summed E-state index contributed by atoms with van der Waals surface area (Å²) in [5.41, 5.74) is -0.00986. The minimum Gasteiger partial charge on any atom is -0.440 e. The van der Waals surface area contributed by atoms with Gasteiger partial charge in [0.25, 0.3) is 0 Å². The Bertz CT molecular complexity index is 183. The molecule has 4 heteroatoms. The zero-order valence-electron chi connectivity index (χ0n) is 6.29. The number of azo groups is 1. The first kappa shape index (κ1) is 7.60. The van der Waals surface area contributed by atoms with Crippen molar-refractivity contribution in [3.05, 3.63) is 0 Å². The van der Waals surface area contributed by atoms with Crippen LogP contribution in [0.25, 0.3) is 0 Å². The van der Waals surface area contributed by atoms with Crippen LogP contribution >= 0.6 is 12.2 Å². The van der Waals surface area contributed by atoms with Crippen LogP contribution in [0, 0.1) is 5.41 Å². The lowest BCUT2D eigenvalue weighted by Gasteiger charge is -2.21. The SMILES string of the molecule is CC(C)(C)C1N=NC(=S)O1. The minimum atomic E-state index is -0.194. The number of hydrogen-bond donors (Lipinski definition) is 0. The number of ether oxygens (including phenoxy) is 1. The molecule has 0 aromatic rings. The van der Waals surface area contributed by atoms with Crippen molar-refractivity contribution in [2.75, 3.05) is 0 Å². The molecule has 10 heavy (non-hydrogen) atoms. The Morgan fingerprint density at radius 2 is 2.10 bits per heavy atom. The monoisotopic (exact) mass is 158 g/mol. The molecule has 0 aliphatic carbocycles. The molecule has 0 N–H and O–H groups in total. The van der Waals surface area contributed by atoms with Gasteiger partial charge in [-0.2, -0.15) is 0 Å². The summed E-state index contributed by atoms with van der Waals surface area (Å²) in [7, 11) is 0. The van der Waals surface area contributed by atoms with Crippen molar-refractivity contribution in [2.45, 2.75) is 27.0 Å². The quantitative estimate of drug-likeness (QED) is 0.506. The van der Waals surface area contributed by atoms with Crippen molar-refractivity contribution >= 4 is 17.4 Å². The van der Waals surface area contributed by atoms with Gasteiger partial charge in [0.1, 0.15) is 0 Å². The molecule has 1 rings (SSSR count). The molecule has 1 heterocycles. The van der Waals surface area contributed by atoms with Gasteiger partial charge in [0.05, 0.1) is 0 Å². The summed E-state index contributed by atoms with van der Waals surface area (Å²) in [5.74, 6) is 0. The summed E-state index contributed by atoms with van der Waals surface area (Å²) in [5, 5.41) is 7.72. The van der Waals surface area contributed by atoms with Crippen LogP contribution in [0.15, 0.2) is 10.2 Å². The maximum atomic E-state index is 5.12. The standard InChI is InChI=1S/C6H10N2OS/c1-6(2,3)4-7-8-5(10)9-4/h4H,1-3H3. The lowest BCUT2D eigenvalue weighted by Crippen LogP contribution is -2.24. The van der Waals surface area contributed by atoms with Crippen molar-refractivity contribution in [1.82, 2.24) is 0 Å². The largest absolute Gasteiger partial charge is 0.440 e. The van der Waals surface area contributed by atoms with E-state index in [-0.39, 0.29) is 16.8 Å². The molecular weight excluding hydrogens is 148 g/mol. The van der Waals surface area contributed by atoms with Crippen LogP contribution in [-0.4, -0.2) is 11.4 Å². The van der Waals surface area contributed by atoms with Gasteiger partial charge in [-0.1, -0.05) is 20.8 Å². The van der Waals surface area contributed by atoms with Crippen LogP contribution < -0.4 is 0 Å². The Morgan fingerprint density at radius 3 is 2.30 bits per heavy atom. The van der Waals surface area contributed by atoms with Crippen molar-refractivity contribution < 1.29 is 4.74 Å². The highest BCUT2D eigenvalue weighted by Crippen LogP contribution is 2.26. The van der Waals surface area contributed by atoms with E-state index >= 15 is 0 Å². The summed E-state index contributed by atoms with van der Waals surface area (Å²) >= 11 is 4.68. The summed E-state index contributed by atoms with van der Waals surface area (Å²) in [6, 6.07) is 0. The average Bonchev–Trinajstić information content (AvgIpc) is 2.11. The molecule has 0 radical (unpaired) electrons. The first-order valence-corrected chi connectivity index (χ1v) is 3.52. The minimum absolute atomic E-state index is 0.00986. The molecule has 3 nitrogen and oxygen atoms in total. The first-order valence-electron chi connectivity index (χ1n) is 3.11. The van der Waals surface area contributed by atoms with Crippen LogP contribution in [0.1, 0.15) is 20.8 Å². The Morgan fingerprint density at radius 1 is 1.50 bits per heavy atom. The van der Waals surface area contributed by atoms with Crippen LogP contribution in [0.4, 0.5) is 0 Å². The van der Waals surface area contributed by atoms with E-state index in [2.05, 4.69) is 22.4 Å². The Labute approximate surface area is 65.5 Å². The zero-order valence-corrected chi connectivity index (χ0v) is 7.10. The fourth-order valence-electron chi connectivity index (χ4n) is 0.592. The van der Waals surface area contributed by atoms with Gasteiger partial charge in [0.2, 0.25) is 6.23 Å². The van der Waals surface area contributed by atoms with Gasteiger partial charge < -0.3 is 4.74 Å². The van der Waals surface area contributed by atoms with Gasteiger partial charge in [-0.15, -0.1) is 10.2 Å². The molecular formula is C6H10N2OS. The van der Waals surface area contributed by atoms with Gasteiger partial charge >= 0.3 is 5.17 Å². The van der Waals surface area contributed by atoms with Crippen LogP contribution in [0.2, 0.25) is 0 Å². The Balaban J connectivity index is 2.63. The third kappa shape index (κ3) is 1.50. The van der Waals surface area contributed by atoms with E-state index in [0.717, 1.165) is 0 Å². The van der Waals surface area contributed by atoms with Crippen LogP contribution in [0.5, 0.6) is 0 Å². The van der Waals surface area contributed by atoms with Gasteiger partial charge in [-0.3, -0.25) is 0 Å². The van der Waals surface area contributed by atoms with E-state index < -0.39 is 0 Å². The van der Waals surface area contributed by atoms with Crippen molar-refractivity contribution in [3.8, 4) is 0 Å². The second-order valence-electron chi connectivity index (χ2n) is 3.32. The molecule has 0 aromatic heterocycles. The molecule has 1 atom stereocenters. The summed E-state index contributed by atoms with van der Waals surface area (Å²) in [6.07, 6.45) is -0.194. The topological polar surface area (TPSA) is 34.0 Å². The first-order chi connectivity index (χ1) is 4.50. The summed E-state index contributed by atoms with van der Waals surface area (Å²) < 4.78 is 5.12. The molecule has 1 unspecified atom stereocenters. The van der Waals surface area contributed by atoms with Gasteiger partial charge in [-0.25, -0.2) is 0 Å². The molecule has 0 spiro atoms. The van der Waals surface area contributed by atoms with E-state index in [9.17, 15) is 0 Å². The van der Waals surface area contributed by atoms with Crippen LogP contribution in [0.3, 0.4) is 0 Å². The van der Waals surface area contributed by atoms with E-state index in [4.69, 9.17) is 4.74 Å². The van der Waals surface area contributed by atoms with E-state index in [1.807, 2.05) is 20.8 Å². The smallest absolute Gasteiger partial charge is 0.304 e. The molecule has 0 bridgehead atoms. The second-order valence-corrected chi connectivity index (χ2v) is 3.67. The van der Waals surface area contributed by atoms with Gasteiger partial charge in [0, 0.05) is 5.41 Å². The van der Waals surface area contributed by atoms with E-state index in [0.29, 0.717) is 0 Å². The van der Waals surface area contributed by atoms with Gasteiger partial charge in [-0.05, 0) is 12.2 Å². The molecule has 56 valence electrons. The molecule has 1 aliphatic rings. The van der Waals surface area contributed by atoms with E-state index in [1.54, 1.807) is 0 Å². The lowest BCUT2D eigenvalue weighted by atomic mass is 9.95. The number of rotatable bonds is 0. The fourth-order valence-corrected chi connectivity index (χ4v) is 0.730. The average molecular weight is 158 g/mol. The number of hydrogen-bond acceptors (Lipinski definition) is 3. The predicted octanol–water partition coefficient (Wildman–Crippen LogP) is 2.13. The second kappa shape index (κ2) is 2.27. The highest BCUT2D eigenvalue weighted by Gasteiger charge is 2.30. The molecule has 0 saturated heterocycles. The molecule has 1 aliphatic heterocycles. The number of thiocarbonyl (C=S) groups is 1. The van der Waals surface area contributed by atoms with E-state index in [1.165, 1.54) is 0 Å². The number of nitrogens with zero attached hydrogens (tertiary/aromatic N) is 2. The zero-order chi connectivity index (χ0) is 7.78. The maximum Gasteiger partial charge on any atom is 0.304 e. The summed E-state index contributed by atoms with van der Waals surface area (Å²) in [6.45, 7) is 6.10. The van der Waals surface area contributed by atoms with Crippen molar-refractivity contribution in [3.63, 3.8) is 0 Å². The fraction of sp³-hybridized carbons (Fsp3) is 0.833.